The van der Waals surface area contributed by atoms with Crippen LogP contribution in [0, 0.1) is 0 Å². The number of carbonyl (C=O) groups excluding carboxylic acids is 2. The summed E-state index contributed by atoms with van der Waals surface area (Å²) in [6, 6.07) is 11.9. The van der Waals surface area contributed by atoms with E-state index in [0.717, 1.165) is 16.3 Å². The fraction of sp³-hybridized carbons (Fsp3) is 0.278. The Labute approximate surface area is 138 Å². The second-order valence-corrected chi connectivity index (χ2v) is 5.94. The average molecular weight is 326 g/mol. The molecular weight excluding hydrogens is 308 g/mol. The number of fused-ring (bicyclic) bond motifs is 1. The molecule has 1 aliphatic rings. The number of hydrogen-bond acceptors (Lipinski definition) is 3. The van der Waals surface area contributed by atoms with Gasteiger partial charge < -0.3 is 15.7 Å². The summed E-state index contributed by atoms with van der Waals surface area (Å²) >= 11 is 0. The van der Waals surface area contributed by atoms with Gasteiger partial charge >= 0.3 is 5.97 Å². The summed E-state index contributed by atoms with van der Waals surface area (Å²) < 4.78 is 0. The van der Waals surface area contributed by atoms with Crippen molar-refractivity contribution in [2.75, 3.05) is 0 Å². The standard InChI is InChI=1S/C18H18N2O4/c21-16-8-7-14(19-16)17(22)20-15(18(23)24)10-11-5-6-12-3-1-2-4-13(12)9-11/h1-6,9,14-15H,7-8,10H2,(H,19,21)(H,20,22)(H,23,24)/t14-,15+/m0/s1. The van der Waals surface area contributed by atoms with Gasteiger partial charge in [-0.3, -0.25) is 9.59 Å². The fourth-order valence-electron chi connectivity index (χ4n) is 2.88. The molecule has 1 fully saturated rings. The Hall–Kier alpha value is -2.89. The number of carboxylic acid groups (broad SMARTS) is 1. The Balaban J connectivity index is 1.72. The van der Waals surface area contributed by atoms with Crippen LogP contribution in [-0.2, 0) is 20.8 Å². The molecule has 2 aromatic rings. The van der Waals surface area contributed by atoms with Gasteiger partial charge in [-0.2, -0.15) is 0 Å². The minimum atomic E-state index is -1.10. The first-order chi connectivity index (χ1) is 11.5. The molecule has 2 atom stereocenters. The highest BCUT2D eigenvalue weighted by molar-refractivity contribution is 5.93. The lowest BCUT2D eigenvalue weighted by atomic mass is 10.0. The number of aliphatic carboxylic acids is 1. The summed E-state index contributed by atoms with van der Waals surface area (Å²) in [5, 5.41) is 16.6. The predicted molar refractivity (Wildman–Crippen MR) is 88.4 cm³/mol. The van der Waals surface area contributed by atoms with E-state index < -0.39 is 24.0 Å². The first-order valence-electron chi connectivity index (χ1n) is 7.83. The molecule has 1 heterocycles. The lowest BCUT2D eigenvalue weighted by Crippen LogP contribution is -2.49. The van der Waals surface area contributed by atoms with Crippen LogP contribution in [-0.4, -0.2) is 35.0 Å². The molecule has 0 unspecified atom stereocenters. The fourth-order valence-corrected chi connectivity index (χ4v) is 2.88. The zero-order chi connectivity index (χ0) is 17.1. The van der Waals surface area contributed by atoms with Crippen molar-refractivity contribution in [2.45, 2.75) is 31.3 Å². The zero-order valence-electron chi connectivity index (χ0n) is 13.0. The Bertz CT molecular complexity index is 802. The number of nitrogens with one attached hydrogen (secondary N) is 2. The molecule has 0 bridgehead atoms. The van der Waals surface area contributed by atoms with E-state index in [2.05, 4.69) is 10.6 Å². The van der Waals surface area contributed by atoms with Crippen molar-refractivity contribution in [3.63, 3.8) is 0 Å². The van der Waals surface area contributed by atoms with Crippen molar-refractivity contribution < 1.29 is 19.5 Å². The van der Waals surface area contributed by atoms with Crippen LogP contribution >= 0.6 is 0 Å². The van der Waals surface area contributed by atoms with Gasteiger partial charge in [0.05, 0.1) is 0 Å². The number of amides is 2. The van der Waals surface area contributed by atoms with Crippen LogP contribution in [0.4, 0.5) is 0 Å². The molecule has 6 nitrogen and oxygen atoms in total. The van der Waals surface area contributed by atoms with E-state index in [1.165, 1.54) is 0 Å². The molecule has 2 aromatic carbocycles. The monoisotopic (exact) mass is 326 g/mol. The highest BCUT2D eigenvalue weighted by Gasteiger charge is 2.30. The van der Waals surface area contributed by atoms with Gasteiger partial charge in [-0.25, -0.2) is 4.79 Å². The maximum absolute atomic E-state index is 12.1. The van der Waals surface area contributed by atoms with Gasteiger partial charge in [0.1, 0.15) is 12.1 Å². The molecular formula is C18H18N2O4. The molecule has 124 valence electrons. The molecule has 1 aliphatic heterocycles. The van der Waals surface area contributed by atoms with Crippen LogP contribution in [0.3, 0.4) is 0 Å². The van der Waals surface area contributed by atoms with E-state index in [1.807, 2.05) is 42.5 Å². The summed E-state index contributed by atoms with van der Waals surface area (Å²) in [6.45, 7) is 0. The molecule has 0 saturated carbocycles. The van der Waals surface area contributed by atoms with Crippen LogP contribution in [0.5, 0.6) is 0 Å². The number of carbonyl (C=O) groups is 3. The molecule has 6 heteroatoms. The summed E-state index contributed by atoms with van der Waals surface area (Å²) in [5.41, 5.74) is 0.830. The molecule has 0 spiro atoms. The highest BCUT2D eigenvalue weighted by atomic mass is 16.4. The van der Waals surface area contributed by atoms with Gasteiger partial charge in [0.2, 0.25) is 11.8 Å². The SMILES string of the molecule is O=C1CC[C@@H](C(=O)N[C@H](Cc2ccc3ccccc3c2)C(=O)O)N1. The van der Waals surface area contributed by atoms with Gasteiger partial charge in [0.25, 0.3) is 0 Å². The highest BCUT2D eigenvalue weighted by Crippen LogP contribution is 2.17. The lowest BCUT2D eigenvalue weighted by molar-refractivity contribution is -0.142. The summed E-state index contributed by atoms with van der Waals surface area (Å²) in [4.78, 5) is 34.8. The van der Waals surface area contributed by atoms with Gasteiger partial charge in [-0.05, 0) is 22.8 Å². The average Bonchev–Trinajstić information content (AvgIpc) is 3.00. The quantitative estimate of drug-likeness (QED) is 0.770. The largest absolute Gasteiger partial charge is 0.480 e. The zero-order valence-corrected chi connectivity index (χ0v) is 13.0. The third-order valence-corrected chi connectivity index (χ3v) is 4.18. The third-order valence-electron chi connectivity index (χ3n) is 4.18. The second-order valence-electron chi connectivity index (χ2n) is 5.94. The van der Waals surface area contributed by atoms with Crippen molar-refractivity contribution in [3.8, 4) is 0 Å². The van der Waals surface area contributed by atoms with E-state index in [-0.39, 0.29) is 12.3 Å². The predicted octanol–water partition coefficient (Wildman–Crippen LogP) is 1.23. The number of hydrogen-bond donors (Lipinski definition) is 3. The normalized spacial score (nSPS) is 18.2. The van der Waals surface area contributed by atoms with Crippen molar-refractivity contribution in [2.24, 2.45) is 0 Å². The molecule has 24 heavy (non-hydrogen) atoms. The second kappa shape index (κ2) is 6.70. The van der Waals surface area contributed by atoms with Crippen LogP contribution < -0.4 is 10.6 Å². The number of benzene rings is 2. The molecule has 3 rings (SSSR count). The third kappa shape index (κ3) is 3.53. The van der Waals surface area contributed by atoms with E-state index >= 15 is 0 Å². The summed E-state index contributed by atoms with van der Waals surface area (Å²) in [5.74, 6) is -1.73. The van der Waals surface area contributed by atoms with Crippen LogP contribution in [0.2, 0.25) is 0 Å². The Morgan fingerprint density at radius 2 is 1.96 bits per heavy atom. The minimum Gasteiger partial charge on any atom is -0.480 e. The first kappa shape index (κ1) is 16.0. The minimum absolute atomic E-state index is 0.184. The summed E-state index contributed by atoms with van der Waals surface area (Å²) in [7, 11) is 0. The van der Waals surface area contributed by atoms with Gasteiger partial charge in [0.15, 0.2) is 0 Å². The van der Waals surface area contributed by atoms with Gasteiger partial charge in [-0.1, -0.05) is 42.5 Å². The maximum atomic E-state index is 12.1. The van der Waals surface area contributed by atoms with E-state index in [9.17, 15) is 19.5 Å². The Morgan fingerprint density at radius 3 is 2.62 bits per heavy atom. The number of carboxylic acids is 1. The molecule has 1 saturated heterocycles. The van der Waals surface area contributed by atoms with Crippen molar-refractivity contribution in [1.82, 2.24) is 10.6 Å². The van der Waals surface area contributed by atoms with Crippen molar-refractivity contribution >= 4 is 28.6 Å². The number of rotatable bonds is 5. The smallest absolute Gasteiger partial charge is 0.326 e. The van der Waals surface area contributed by atoms with E-state index in [0.29, 0.717) is 12.8 Å². The molecule has 0 aromatic heterocycles. The van der Waals surface area contributed by atoms with E-state index in [1.54, 1.807) is 0 Å². The first-order valence-corrected chi connectivity index (χ1v) is 7.83. The van der Waals surface area contributed by atoms with Crippen LogP contribution in [0.25, 0.3) is 10.8 Å². The van der Waals surface area contributed by atoms with E-state index in [4.69, 9.17) is 0 Å². The van der Waals surface area contributed by atoms with Crippen molar-refractivity contribution in [3.05, 3.63) is 48.0 Å². The maximum Gasteiger partial charge on any atom is 0.326 e. The topological polar surface area (TPSA) is 95.5 Å². The molecule has 0 aliphatic carbocycles. The van der Waals surface area contributed by atoms with Gasteiger partial charge in [-0.15, -0.1) is 0 Å². The Kier molecular flexibility index (Phi) is 4.46. The van der Waals surface area contributed by atoms with Crippen molar-refractivity contribution in [1.29, 1.82) is 0 Å². The molecule has 0 radical (unpaired) electrons. The molecule has 2 amide bonds. The molecule has 3 N–H and O–H groups in total. The van der Waals surface area contributed by atoms with Crippen LogP contribution in [0.15, 0.2) is 42.5 Å². The van der Waals surface area contributed by atoms with Gasteiger partial charge in [0, 0.05) is 12.8 Å². The summed E-state index contributed by atoms with van der Waals surface area (Å²) in [6.07, 6.45) is 0.875. The lowest BCUT2D eigenvalue weighted by Gasteiger charge is -2.17. The Morgan fingerprint density at radius 1 is 1.21 bits per heavy atom. The van der Waals surface area contributed by atoms with Crippen LogP contribution in [0.1, 0.15) is 18.4 Å².